The predicted molar refractivity (Wildman–Crippen MR) is 56.3 cm³/mol. The lowest BCUT2D eigenvalue weighted by molar-refractivity contribution is -0.137. The molecule has 0 amide bonds. The van der Waals surface area contributed by atoms with Crippen LogP contribution in [0.4, 0.5) is 17.6 Å². The molecule has 1 aliphatic rings. The van der Waals surface area contributed by atoms with Gasteiger partial charge in [0.25, 0.3) is 0 Å². The zero-order valence-corrected chi connectivity index (χ0v) is 9.39. The molecule has 1 saturated heterocycles. The van der Waals surface area contributed by atoms with Gasteiger partial charge in [-0.15, -0.1) is 0 Å². The average Bonchev–Trinajstić information content (AvgIpc) is 2.59. The molecule has 1 unspecified atom stereocenters. The van der Waals surface area contributed by atoms with Crippen molar-refractivity contribution in [2.45, 2.75) is 18.3 Å². The second-order valence-electron chi connectivity index (χ2n) is 4.53. The lowest BCUT2D eigenvalue weighted by Gasteiger charge is -2.21. The van der Waals surface area contributed by atoms with Gasteiger partial charge in [-0.1, -0.05) is 12.1 Å². The number of likely N-dealkylation sites (tertiary alicyclic amines) is 1. The third kappa shape index (κ3) is 2.44. The number of nitrogens with zero attached hydrogens (tertiary/aromatic N) is 1. The van der Waals surface area contributed by atoms with Crippen LogP contribution in [0.1, 0.15) is 17.5 Å². The largest absolute Gasteiger partial charge is 0.416 e. The van der Waals surface area contributed by atoms with Crippen molar-refractivity contribution in [3.63, 3.8) is 0 Å². The van der Waals surface area contributed by atoms with Gasteiger partial charge < -0.3 is 4.90 Å². The number of benzene rings is 1. The SMILES string of the molecule is CN1CCC(F)(c2cccc(C(F)(F)F)c2)C1. The van der Waals surface area contributed by atoms with E-state index < -0.39 is 17.4 Å². The molecule has 1 atom stereocenters. The third-order valence-corrected chi connectivity index (χ3v) is 3.12. The van der Waals surface area contributed by atoms with Gasteiger partial charge in [0.05, 0.1) is 5.56 Å². The quantitative estimate of drug-likeness (QED) is 0.689. The summed E-state index contributed by atoms with van der Waals surface area (Å²) in [6.45, 7) is 0.709. The molecule has 1 aromatic carbocycles. The van der Waals surface area contributed by atoms with Gasteiger partial charge >= 0.3 is 6.18 Å². The molecular weight excluding hydrogens is 234 g/mol. The minimum atomic E-state index is -4.42. The first-order valence-electron chi connectivity index (χ1n) is 5.36. The van der Waals surface area contributed by atoms with Crippen LogP contribution >= 0.6 is 0 Å². The summed E-state index contributed by atoms with van der Waals surface area (Å²) in [7, 11) is 1.76. The van der Waals surface area contributed by atoms with Crippen molar-refractivity contribution in [2.75, 3.05) is 20.1 Å². The van der Waals surface area contributed by atoms with E-state index in [9.17, 15) is 17.6 Å². The van der Waals surface area contributed by atoms with E-state index >= 15 is 0 Å². The third-order valence-electron chi connectivity index (χ3n) is 3.12. The van der Waals surface area contributed by atoms with Gasteiger partial charge in [0, 0.05) is 13.1 Å². The molecule has 0 spiro atoms. The van der Waals surface area contributed by atoms with Crippen LogP contribution in [0.2, 0.25) is 0 Å². The zero-order chi connectivity index (χ0) is 12.7. The fourth-order valence-electron chi connectivity index (χ4n) is 2.16. The summed E-state index contributed by atoms with van der Waals surface area (Å²) in [6.07, 6.45) is -4.18. The van der Waals surface area contributed by atoms with Gasteiger partial charge in [0.1, 0.15) is 5.67 Å². The van der Waals surface area contributed by atoms with E-state index in [-0.39, 0.29) is 18.5 Å². The maximum Gasteiger partial charge on any atom is 0.416 e. The highest BCUT2D eigenvalue weighted by Crippen LogP contribution is 2.38. The Balaban J connectivity index is 2.34. The Hall–Kier alpha value is -1.10. The van der Waals surface area contributed by atoms with Gasteiger partial charge in [-0.3, -0.25) is 0 Å². The molecule has 1 aromatic rings. The van der Waals surface area contributed by atoms with E-state index in [2.05, 4.69) is 0 Å². The van der Waals surface area contributed by atoms with E-state index in [1.54, 1.807) is 11.9 Å². The molecule has 94 valence electrons. The number of alkyl halides is 4. The standard InChI is InChI=1S/C12H13F4N/c1-17-6-5-11(13,8-17)9-3-2-4-10(7-9)12(14,15)16/h2-4,7H,5-6,8H2,1H3. The summed E-state index contributed by atoms with van der Waals surface area (Å²) in [6, 6.07) is 4.57. The lowest BCUT2D eigenvalue weighted by atomic mass is 9.93. The molecule has 0 aliphatic carbocycles. The van der Waals surface area contributed by atoms with E-state index in [0.29, 0.717) is 6.54 Å². The number of hydrogen-bond donors (Lipinski definition) is 0. The number of likely N-dealkylation sites (N-methyl/N-ethyl adjacent to an activating group) is 1. The van der Waals surface area contributed by atoms with Gasteiger partial charge in [-0.05, 0) is 31.2 Å². The average molecular weight is 247 g/mol. The highest BCUT2D eigenvalue weighted by Gasteiger charge is 2.40. The topological polar surface area (TPSA) is 3.24 Å². The van der Waals surface area contributed by atoms with Crippen LogP contribution in [-0.4, -0.2) is 25.0 Å². The Morgan fingerprint density at radius 3 is 2.53 bits per heavy atom. The van der Waals surface area contributed by atoms with Gasteiger partial charge in [-0.25, -0.2) is 4.39 Å². The normalized spacial score (nSPS) is 26.4. The highest BCUT2D eigenvalue weighted by molar-refractivity contribution is 5.31. The summed E-state index contributed by atoms with van der Waals surface area (Å²) < 4.78 is 52.0. The van der Waals surface area contributed by atoms with Crippen LogP contribution in [0.3, 0.4) is 0 Å². The van der Waals surface area contributed by atoms with E-state index in [1.165, 1.54) is 12.1 Å². The Bertz CT molecular complexity index is 415. The van der Waals surface area contributed by atoms with Crippen molar-refractivity contribution >= 4 is 0 Å². The first kappa shape index (κ1) is 12.4. The molecule has 0 radical (unpaired) electrons. The maximum atomic E-state index is 14.5. The van der Waals surface area contributed by atoms with Gasteiger partial charge in [0.15, 0.2) is 0 Å². The number of halogens is 4. The Morgan fingerprint density at radius 2 is 2.00 bits per heavy atom. The Kier molecular flexibility index (Phi) is 2.89. The molecule has 2 rings (SSSR count). The molecule has 0 bridgehead atoms. The van der Waals surface area contributed by atoms with Crippen LogP contribution < -0.4 is 0 Å². The molecule has 0 saturated carbocycles. The molecular formula is C12H13F4N. The summed E-state index contributed by atoms with van der Waals surface area (Å²) in [4.78, 5) is 1.78. The lowest BCUT2D eigenvalue weighted by Crippen LogP contribution is -2.25. The van der Waals surface area contributed by atoms with E-state index in [1.807, 2.05) is 0 Å². The fourth-order valence-corrected chi connectivity index (χ4v) is 2.16. The van der Waals surface area contributed by atoms with Crippen molar-refractivity contribution in [2.24, 2.45) is 0 Å². The first-order chi connectivity index (χ1) is 7.81. The first-order valence-corrected chi connectivity index (χ1v) is 5.36. The van der Waals surface area contributed by atoms with Crippen molar-refractivity contribution in [1.82, 2.24) is 4.90 Å². The van der Waals surface area contributed by atoms with Crippen molar-refractivity contribution in [3.05, 3.63) is 35.4 Å². The number of rotatable bonds is 1. The molecule has 5 heteroatoms. The maximum absolute atomic E-state index is 14.5. The second kappa shape index (κ2) is 3.98. The van der Waals surface area contributed by atoms with Crippen LogP contribution in [-0.2, 0) is 11.8 Å². The molecule has 0 N–H and O–H groups in total. The second-order valence-corrected chi connectivity index (χ2v) is 4.53. The minimum Gasteiger partial charge on any atom is -0.303 e. The van der Waals surface area contributed by atoms with Gasteiger partial charge in [0.2, 0.25) is 0 Å². The monoisotopic (exact) mass is 247 g/mol. The van der Waals surface area contributed by atoms with Crippen molar-refractivity contribution in [1.29, 1.82) is 0 Å². The Labute approximate surface area is 97.0 Å². The minimum absolute atomic E-state index is 0.122. The Morgan fingerprint density at radius 1 is 1.29 bits per heavy atom. The van der Waals surface area contributed by atoms with E-state index in [0.717, 1.165) is 12.1 Å². The van der Waals surface area contributed by atoms with Crippen LogP contribution in [0.25, 0.3) is 0 Å². The predicted octanol–water partition coefficient (Wildman–Crippen LogP) is 3.21. The zero-order valence-electron chi connectivity index (χ0n) is 9.39. The molecule has 0 aromatic heterocycles. The van der Waals surface area contributed by atoms with Crippen molar-refractivity contribution in [3.8, 4) is 0 Å². The summed E-state index contributed by atoms with van der Waals surface area (Å²) in [5, 5.41) is 0. The van der Waals surface area contributed by atoms with Crippen LogP contribution in [0, 0.1) is 0 Å². The van der Waals surface area contributed by atoms with Gasteiger partial charge in [-0.2, -0.15) is 13.2 Å². The molecule has 1 heterocycles. The summed E-state index contributed by atoms with van der Waals surface area (Å²) in [5.41, 5.74) is -2.33. The van der Waals surface area contributed by atoms with Crippen LogP contribution in [0.15, 0.2) is 24.3 Å². The van der Waals surface area contributed by atoms with Crippen molar-refractivity contribution < 1.29 is 17.6 Å². The molecule has 1 nitrogen and oxygen atoms in total. The summed E-state index contributed by atoms with van der Waals surface area (Å²) in [5.74, 6) is 0. The highest BCUT2D eigenvalue weighted by atomic mass is 19.4. The summed E-state index contributed by atoms with van der Waals surface area (Å²) >= 11 is 0. The van der Waals surface area contributed by atoms with E-state index in [4.69, 9.17) is 0 Å². The van der Waals surface area contributed by atoms with Crippen LogP contribution in [0.5, 0.6) is 0 Å². The number of hydrogen-bond acceptors (Lipinski definition) is 1. The molecule has 1 fully saturated rings. The molecule has 17 heavy (non-hydrogen) atoms. The smallest absolute Gasteiger partial charge is 0.303 e. The molecule has 1 aliphatic heterocycles. The fraction of sp³-hybridized carbons (Fsp3) is 0.500.